The fourth-order valence-electron chi connectivity index (χ4n) is 2.66. The monoisotopic (exact) mass is 299 g/mol. The largest absolute Gasteiger partial charge is 0.476 e. The average molecular weight is 300 g/mol. The van der Waals surface area contributed by atoms with Crippen molar-refractivity contribution in [2.24, 2.45) is 0 Å². The Morgan fingerprint density at radius 2 is 2.15 bits per heavy atom. The molecule has 0 aromatic carbocycles. The Bertz CT molecular complexity index is 436. The van der Waals surface area contributed by atoms with Gasteiger partial charge in [0, 0.05) is 38.9 Å². The highest BCUT2D eigenvalue weighted by atomic mass is 35.5. The zero-order valence-corrected chi connectivity index (χ0v) is 12.6. The van der Waals surface area contributed by atoms with Gasteiger partial charge in [0.1, 0.15) is 12.4 Å². The summed E-state index contributed by atoms with van der Waals surface area (Å²) in [6.07, 6.45) is 2.53. The van der Waals surface area contributed by atoms with Gasteiger partial charge >= 0.3 is 0 Å². The molecule has 6 heteroatoms. The third-order valence-corrected chi connectivity index (χ3v) is 3.86. The van der Waals surface area contributed by atoms with Gasteiger partial charge in [-0.25, -0.2) is 0 Å². The summed E-state index contributed by atoms with van der Waals surface area (Å²) in [5.41, 5.74) is 1.15. The lowest BCUT2D eigenvalue weighted by Crippen LogP contribution is -2.37. The van der Waals surface area contributed by atoms with Crippen molar-refractivity contribution in [1.29, 1.82) is 0 Å². The molecule has 0 spiro atoms. The molecule has 20 heavy (non-hydrogen) atoms. The second-order valence-corrected chi connectivity index (χ2v) is 5.08. The summed E-state index contributed by atoms with van der Waals surface area (Å²) in [5, 5.41) is 3.32. The van der Waals surface area contributed by atoms with E-state index in [0.717, 1.165) is 56.3 Å². The van der Waals surface area contributed by atoms with Gasteiger partial charge in [0.2, 0.25) is 5.88 Å². The van der Waals surface area contributed by atoms with Crippen LogP contribution in [-0.2, 0) is 11.3 Å². The number of aromatic nitrogens is 1. The fourth-order valence-corrected chi connectivity index (χ4v) is 2.66. The Balaban J connectivity index is 0.00000147. The molecule has 0 radical (unpaired) electrons. The average Bonchev–Trinajstić information content (AvgIpc) is 2.72. The predicted molar refractivity (Wildman–Crippen MR) is 80.9 cm³/mol. The van der Waals surface area contributed by atoms with E-state index < -0.39 is 0 Å². The standard InChI is InChI=1S/C14H21N3O2.ClH/c1-18-12-4-7-17(8-5-12)13-3-2-11-10-15-6-9-19-14(11)16-13;/h2-3,12,15H,4-10H2,1H3;1H. The van der Waals surface area contributed by atoms with Crippen molar-refractivity contribution in [2.75, 3.05) is 38.3 Å². The van der Waals surface area contributed by atoms with E-state index in [1.807, 2.05) is 0 Å². The number of halogens is 1. The molecule has 0 aliphatic carbocycles. The number of nitrogens with zero attached hydrogens (tertiary/aromatic N) is 2. The number of piperidine rings is 1. The SMILES string of the molecule is COC1CCN(c2ccc3c(n2)OCCNC3)CC1.Cl. The third kappa shape index (κ3) is 3.34. The van der Waals surface area contributed by atoms with Gasteiger partial charge in [0.05, 0.1) is 6.10 Å². The normalized spacial score (nSPS) is 19.6. The molecule has 112 valence electrons. The number of hydrogen-bond acceptors (Lipinski definition) is 5. The molecule has 3 heterocycles. The lowest BCUT2D eigenvalue weighted by atomic mass is 10.1. The van der Waals surface area contributed by atoms with Crippen molar-refractivity contribution in [1.82, 2.24) is 10.3 Å². The van der Waals surface area contributed by atoms with E-state index in [9.17, 15) is 0 Å². The molecule has 0 atom stereocenters. The smallest absolute Gasteiger partial charge is 0.219 e. The van der Waals surface area contributed by atoms with E-state index in [1.165, 1.54) is 0 Å². The van der Waals surface area contributed by atoms with Crippen molar-refractivity contribution in [2.45, 2.75) is 25.5 Å². The van der Waals surface area contributed by atoms with Crippen LogP contribution in [0.15, 0.2) is 12.1 Å². The van der Waals surface area contributed by atoms with Gasteiger partial charge < -0.3 is 19.7 Å². The maximum absolute atomic E-state index is 5.70. The molecule has 1 saturated heterocycles. The minimum Gasteiger partial charge on any atom is -0.476 e. The highest BCUT2D eigenvalue weighted by Gasteiger charge is 2.21. The zero-order valence-electron chi connectivity index (χ0n) is 11.8. The Morgan fingerprint density at radius 3 is 2.90 bits per heavy atom. The van der Waals surface area contributed by atoms with Crippen LogP contribution in [0.2, 0.25) is 0 Å². The Kier molecular flexibility index (Phi) is 5.46. The van der Waals surface area contributed by atoms with Crippen LogP contribution in [0.1, 0.15) is 18.4 Å². The third-order valence-electron chi connectivity index (χ3n) is 3.86. The quantitative estimate of drug-likeness (QED) is 0.899. The zero-order chi connectivity index (χ0) is 13.1. The molecule has 1 fully saturated rings. The number of rotatable bonds is 2. The highest BCUT2D eigenvalue weighted by Crippen LogP contribution is 2.25. The van der Waals surface area contributed by atoms with Crippen LogP contribution in [0, 0.1) is 0 Å². The number of nitrogens with one attached hydrogen (secondary N) is 1. The maximum atomic E-state index is 5.70. The molecule has 1 aromatic rings. The molecule has 0 saturated carbocycles. The van der Waals surface area contributed by atoms with E-state index in [-0.39, 0.29) is 12.4 Å². The molecule has 2 aliphatic heterocycles. The van der Waals surface area contributed by atoms with Crippen LogP contribution in [0.5, 0.6) is 5.88 Å². The Morgan fingerprint density at radius 1 is 1.35 bits per heavy atom. The molecule has 0 amide bonds. The van der Waals surface area contributed by atoms with Gasteiger partial charge in [0.25, 0.3) is 0 Å². The molecule has 1 N–H and O–H groups in total. The first-order chi connectivity index (χ1) is 9.36. The van der Waals surface area contributed by atoms with Crippen LogP contribution in [0.25, 0.3) is 0 Å². The van der Waals surface area contributed by atoms with E-state index in [0.29, 0.717) is 12.7 Å². The number of hydrogen-bond donors (Lipinski definition) is 1. The van der Waals surface area contributed by atoms with Gasteiger partial charge in [-0.2, -0.15) is 4.98 Å². The second-order valence-electron chi connectivity index (χ2n) is 5.08. The van der Waals surface area contributed by atoms with Crippen LogP contribution in [-0.4, -0.2) is 44.4 Å². The van der Waals surface area contributed by atoms with Crippen LogP contribution >= 0.6 is 12.4 Å². The Hall–Kier alpha value is -1.04. The first-order valence-corrected chi connectivity index (χ1v) is 6.98. The molecular formula is C14H22ClN3O2. The topological polar surface area (TPSA) is 46.6 Å². The molecule has 1 aromatic heterocycles. The number of fused-ring (bicyclic) bond motifs is 1. The van der Waals surface area contributed by atoms with E-state index in [1.54, 1.807) is 7.11 Å². The van der Waals surface area contributed by atoms with Crippen LogP contribution in [0.4, 0.5) is 5.82 Å². The van der Waals surface area contributed by atoms with Gasteiger partial charge in [0.15, 0.2) is 0 Å². The molecule has 2 aliphatic rings. The Labute approximate surface area is 126 Å². The summed E-state index contributed by atoms with van der Waals surface area (Å²) >= 11 is 0. The van der Waals surface area contributed by atoms with Gasteiger partial charge in [-0.3, -0.25) is 0 Å². The van der Waals surface area contributed by atoms with Crippen molar-refractivity contribution in [3.05, 3.63) is 17.7 Å². The van der Waals surface area contributed by atoms with Crippen LogP contribution in [0.3, 0.4) is 0 Å². The first-order valence-electron chi connectivity index (χ1n) is 6.98. The van der Waals surface area contributed by atoms with Crippen molar-refractivity contribution < 1.29 is 9.47 Å². The van der Waals surface area contributed by atoms with Gasteiger partial charge in [-0.05, 0) is 25.0 Å². The number of ether oxygens (including phenoxy) is 2. The van der Waals surface area contributed by atoms with E-state index in [2.05, 4.69) is 27.3 Å². The predicted octanol–water partition coefficient (Wildman–Crippen LogP) is 1.60. The van der Waals surface area contributed by atoms with E-state index in [4.69, 9.17) is 9.47 Å². The lowest BCUT2D eigenvalue weighted by molar-refractivity contribution is 0.0818. The summed E-state index contributed by atoms with van der Waals surface area (Å²) in [4.78, 5) is 6.99. The number of pyridine rings is 1. The highest BCUT2D eigenvalue weighted by molar-refractivity contribution is 5.85. The molecular weight excluding hydrogens is 278 g/mol. The number of methoxy groups -OCH3 is 1. The summed E-state index contributed by atoms with van der Waals surface area (Å²) in [5.74, 6) is 1.81. The molecule has 0 bridgehead atoms. The van der Waals surface area contributed by atoms with Crippen molar-refractivity contribution in [3.63, 3.8) is 0 Å². The summed E-state index contributed by atoms with van der Waals surface area (Å²) < 4.78 is 11.1. The van der Waals surface area contributed by atoms with Gasteiger partial charge in [-0.15, -0.1) is 12.4 Å². The van der Waals surface area contributed by atoms with Crippen LogP contribution < -0.4 is 15.0 Å². The van der Waals surface area contributed by atoms with Gasteiger partial charge in [-0.1, -0.05) is 0 Å². The lowest BCUT2D eigenvalue weighted by Gasteiger charge is -2.32. The maximum Gasteiger partial charge on any atom is 0.219 e. The minimum atomic E-state index is 0. The summed E-state index contributed by atoms with van der Waals surface area (Å²) in [7, 11) is 1.79. The number of anilines is 1. The summed E-state index contributed by atoms with van der Waals surface area (Å²) in [6, 6.07) is 4.22. The van der Waals surface area contributed by atoms with E-state index >= 15 is 0 Å². The second kappa shape index (κ2) is 7.11. The molecule has 5 nitrogen and oxygen atoms in total. The molecule has 0 unspecified atom stereocenters. The van der Waals surface area contributed by atoms with Crippen molar-refractivity contribution in [3.8, 4) is 5.88 Å². The fraction of sp³-hybridized carbons (Fsp3) is 0.643. The molecule has 3 rings (SSSR count). The first kappa shape index (κ1) is 15.4. The summed E-state index contributed by atoms with van der Waals surface area (Å²) in [6.45, 7) is 4.42. The van der Waals surface area contributed by atoms with Crippen molar-refractivity contribution >= 4 is 18.2 Å². The minimum absolute atomic E-state index is 0.